The molecule has 2 aromatic rings. The molecule has 2 heterocycles. The Hall–Kier alpha value is -1.08. The van der Waals surface area contributed by atoms with Gasteiger partial charge < -0.3 is 5.73 Å². The number of nitrogen functional groups attached to an aromatic ring is 1. The fraction of sp³-hybridized carbons (Fsp3) is 0.364. The summed E-state index contributed by atoms with van der Waals surface area (Å²) in [6.07, 6.45) is 4.15. The molecule has 5 nitrogen and oxygen atoms in total. The van der Waals surface area contributed by atoms with E-state index in [2.05, 4.69) is 37.9 Å². The van der Waals surface area contributed by atoms with Crippen LogP contribution in [0.1, 0.15) is 18.3 Å². The van der Waals surface area contributed by atoms with E-state index in [9.17, 15) is 0 Å². The van der Waals surface area contributed by atoms with Crippen molar-refractivity contribution in [1.82, 2.24) is 19.7 Å². The molecule has 2 aromatic heterocycles. The predicted molar refractivity (Wildman–Crippen MR) is 76.3 cm³/mol. The van der Waals surface area contributed by atoms with E-state index in [1.165, 1.54) is 0 Å². The Morgan fingerprint density at radius 3 is 2.72 bits per heavy atom. The molecular formula is C11H14BrN5S. The molecule has 0 atom stereocenters. The molecule has 0 aliphatic heterocycles. The van der Waals surface area contributed by atoms with Crippen molar-refractivity contribution in [2.24, 2.45) is 7.05 Å². The highest BCUT2D eigenvalue weighted by Gasteiger charge is 2.13. The number of rotatable bonds is 4. The minimum atomic E-state index is 0.469. The Morgan fingerprint density at radius 1 is 1.39 bits per heavy atom. The molecule has 7 heteroatoms. The first-order valence-corrected chi connectivity index (χ1v) is 7.30. The van der Waals surface area contributed by atoms with Crippen molar-refractivity contribution in [2.45, 2.75) is 24.1 Å². The summed E-state index contributed by atoms with van der Waals surface area (Å²) in [5, 5.41) is 5.21. The summed E-state index contributed by atoms with van der Waals surface area (Å²) in [6.45, 7) is 2.09. The number of aryl methyl sites for hydroxylation is 2. The van der Waals surface area contributed by atoms with E-state index < -0.39 is 0 Å². The Morgan fingerprint density at radius 2 is 2.11 bits per heavy atom. The number of anilines is 1. The van der Waals surface area contributed by atoms with Gasteiger partial charge in [0.2, 0.25) is 0 Å². The third-order valence-electron chi connectivity index (χ3n) is 2.54. The van der Waals surface area contributed by atoms with Gasteiger partial charge in [-0.3, -0.25) is 4.68 Å². The molecule has 0 saturated heterocycles. The second-order valence-electron chi connectivity index (χ2n) is 3.72. The first-order chi connectivity index (χ1) is 8.63. The molecule has 2 N–H and O–H groups in total. The zero-order valence-electron chi connectivity index (χ0n) is 10.2. The summed E-state index contributed by atoms with van der Waals surface area (Å²) in [6, 6.07) is 0. The summed E-state index contributed by atoms with van der Waals surface area (Å²) in [4.78, 5) is 8.23. The van der Waals surface area contributed by atoms with Gasteiger partial charge in [0.15, 0.2) is 5.82 Å². The van der Waals surface area contributed by atoms with Crippen molar-refractivity contribution in [3.05, 3.63) is 28.3 Å². The monoisotopic (exact) mass is 327 g/mol. The average Bonchev–Trinajstić information content (AvgIpc) is 2.64. The fourth-order valence-corrected chi connectivity index (χ4v) is 3.44. The third kappa shape index (κ3) is 2.67. The van der Waals surface area contributed by atoms with Crippen LogP contribution in [0.15, 0.2) is 21.9 Å². The maximum Gasteiger partial charge on any atom is 0.156 e. The van der Waals surface area contributed by atoms with Crippen molar-refractivity contribution < 1.29 is 0 Å². The highest BCUT2D eigenvalue weighted by molar-refractivity contribution is 9.10. The molecule has 2 rings (SSSR count). The number of hydrogen-bond acceptors (Lipinski definition) is 5. The highest BCUT2D eigenvalue weighted by Crippen LogP contribution is 2.29. The molecule has 0 fully saturated rings. The molecule has 0 amide bonds. The van der Waals surface area contributed by atoms with Gasteiger partial charge in [-0.1, -0.05) is 18.7 Å². The number of aromatic nitrogens is 4. The van der Waals surface area contributed by atoms with Crippen LogP contribution >= 0.6 is 27.7 Å². The van der Waals surface area contributed by atoms with Crippen LogP contribution in [0.2, 0.25) is 0 Å². The van der Waals surface area contributed by atoms with Crippen LogP contribution in [0.4, 0.5) is 5.82 Å². The molecule has 0 radical (unpaired) electrons. The Labute approximate surface area is 118 Å². The van der Waals surface area contributed by atoms with Gasteiger partial charge in [0.25, 0.3) is 0 Å². The van der Waals surface area contributed by atoms with Crippen LogP contribution in [-0.4, -0.2) is 19.7 Å². The lowest BCUT2D eigenvalue weighted by molar-refractivity contribution is 0.719. The summed E-state index contributed by atoms with van der Waals surface area (Å²) >= 11 is 5.15. The zero-order valence-corrected chi connectivity index (χ0v) is 12.6. The number of nitrogens with two attached hydrogens (primary N) is 1. The van der Waals surface area contributed by atoms with Crippen molar-refractivity contribution in [3.63, 3.8) is 0 Å². The van der Waals surface area contributed by atoms with E-state index in [0.717, 1.165) is 33.1 Å². The molecule has 0 unspecified atom stereocenters. The molecule has 0 saturated carbocycles. The number of halogens is 1. The first kappa shape index (κ1) is 13.4. The summed E-state index contributed by atoms with van der Waals surface area (Å²) in [5.74, 6) is 1.23. The highest BCUT2D eigenvalue weighted by atomic mass is 79.9. The average molecular weight is 328 g/mol. The van der Waals surface area contributed by atoms with Gasteiger partial charge in [0.05, 0.1) is 15.9 Å². The van der Waals surface area contributed by atoms with E-state index >= 15 is 0 Å². The standard InChI is InChI=1S/C11H14BrN5S/c1-3-7-9(12)8(17(2)16-7)6-18-11-10(13)14-4-5-15-11/h4-5H,3,6H2,1-2H3,(H2,13,14). The van der Waals surface area contributed by atoms with Crippen LogP contribution in [-0.2, 0) is 19.2 Å². The Balaban J connectivity index is 2.16. The van der Waals surface area contributed by atoms with Gasteiger partial charge >= 0.3 is 0 Å². The normalized spacial score (nSPS) is 10.8. The molecule has 0 aliphatic carbocycles. The Bertz CT molecular complexity index is 554. The van der Waals surface area contributed by atoms with Crippen LogP contribution in [0.25, 0.3) is 0 Å². The van der Waals surface area contributed by atoms with Crippen LogP contribution in [0.5, 0.6) is 0 Å². The van der Waals surface area contributed by atoms with Gasteiger partial charge in [-0.15, -0.1) is 0 Å². The molecular weight excluding hydrogens is 314 g/mol. The predicted octanol–water partition coefficient (Wildman–Crippen LogP) is 2.41. The molecule has 0 aromatic carbocycles. The van der Waals surface area contributed by atoms with Crippen molar-refractivity contribution in [3.8, 4) is 0 Å². The lowest BCUT2D eigenvalue weighted by atomic mass is 10.3. The van der Waals surface area contributed by atoms with Gasteiger partial charge in [0, 0.05) is 25.2 Å². The third-order valence-corrected chi connectivity index (χ3v) is 4.46. The minimum absolute atomic E-state index is 0.469. The fourth-order valence-electron chi connectivity index (χ4n) is 1.56. The van der Waals surface area contributed by atoms with E-state index in [1.54, 1.807) is 24.2 Å². The topological polar surface area (TPSA) is 69.6 Å². The number of nitrogens with zero attached hydrogens (tertiary/aromatic N) is 4. The van der Waals surface area contributed by atoms with E-state index in [4.69, 9.17) is 5.73 Å². The first-order valence-electron chi connectivity index (χ1n) is 5.53. The summed E-state index contributed by atoms with van der Waals surface area (Å²) in [7, 11) is 1.94. The lowest BCUT2D eigenvalue weighted by Crippen LogP contribution is -1.99. The molecule has 0 aliphatic rings. The lowest BCUT2D eigenvalue weighted by Gasteiger charge is -2.04. The molecule has 18 heavy (non-hydrogen) atoms. The smallest absolute Gasteiger partial charge is 0.156 e. The van der Waals surface area contributed by atoms with E-state index in [-0.39, 0.29) is 0 Å². The maximum atomic E-state index is 5.76. The van der Waals surface area contributed by atoms with E-state index in [1.807, 2.05) is 11.7 Å². The van der Waals surface area contributed by atoms with Gasteiger partial charge in [-0.25, -0.2) is 9.97 Å². The van der Waals surface area contributed by atoms with Crippen LogP contribution in [0.3, 0.4) is 0 Å². The van der Waals surface area contributed by atoms with Gasteiger partial charge in [-0.05, 0) is 22.4 Å². The Kier molecular flexibility index (Phi) is 4.23. The maximum absolute atomic E-state index is 5.76. The molecule has 96 valence electrons. The zero-order chi connectivity index (χ0) is 13.1. The van der Waals surface area contributed by atoms with E-state index in [0.29, 0.717) is 5.82 Å². The second kappa shape index (κ2) is 5.71. The van der Waals surface area contributed by atoms with Crippen LogP contribution in [0, 0.1) is 0 Å². The largest absolute Gasteiger partial charge is 0.381 e. The number of hydrogen-bond donors (Lipinski definition) is 1. The SMILES string of the molecule is CCc1nn(C)c(CSc2nccnc2N)c1Br. The van der Waals surface area contributed by atoms with Crippen molar-refractivity contribution >= 4 is 33.5 Å². The van der Waals surface area contributed by atoms with Gasteiger partial charge in [0.1, 0.15) is 5.03 Å². The van der Waals surface area contributed by atoms with Crippen molar-refractivity contribution in [2.75, 3.05) is 5.73 Å². The minimum Gasteiger partial charge on any atom is -0.381 e. The summed E-state index contributed by atoms with van der Waals surface area (Å²) in [5.41, 5.74) is 7.96. The molecule has 0 bridgehead atoms. The molecule has 0 spiro atoms. The van der Waals surface area contributed by atoms with Gasteiger partial charge in [-0.2, -0.15) is 5.10 Å². The summed E-state index contributed by atoms with van der Waals surface area (Å²) < 4.78 is 2.96. The quantitative estimate of drug-likeness (QED) is 0.873. The van der Waals surface area contributed by atoms with Crippen molar-refractivity contribution in [1.29, 1.82) is 0 Å². The van der Waals surface area contributed by atoms with Crippen LogP contribution < -0.4 is 5.73 Å². The number of thioether (sulfide) groups is 1. The second-order valence-corrected chi connectivity index (χ2v) is 5.48.